The van der Waals surface area contributed by atoms with Crippen LogP contribution in [0.4, 0.5) is 8.78 Å². The van der Waals surface area contributed by atoms with Gasteiger partial charge in [0.1, 0.15) is 6.04 Å². The molecule has 1 unspecified atom stereocenters. The van der Waals surface area contributed by atoms with Crippen LogP contribution >= 0.6 is 0 Å². The first-order valence-corrected chi connectivity index (χ1v) is 15.9. The molecule has 0 saturated carbocycles. The Kier molecular flexibility index (Phi) is 9.47. The molecule has 0 spiro atoms. The molecule has 1 aliphatic carbocycles. The molecule has 8 heteroatoms. The van der Waals surface area contributed by atoms with Crippen molar-refractivity contribution in [3.8, 4) is 11.1 Å². The summed E-state index contributed by atoms with van der Waals surface area (Å²) in [5.74, 6) is -3.92. The third-order valence-electron chi connectivity index (χ3n) is 9.23. The van der Waals surface area contributed by atoms with Crippen LogP contribution in [0.1, 0.15) is 80.9 Å². The summed E-state index contributed by atoms with van der Waals surface area (Å²) in [6.07, 6.45) is 3.16. The lowest BCUT2D eigenvalue weighted by molar-refractivity contribution is -0.140. The predicted octanol–water partition coefficient (Wildman–Crippen LogP) is 7.22. The van der Waals surface area contributed by atoms with E-state index in [-0.39, 0.29) is 30.2 Å². The number of hydrogen-bond donors (Lipinski definition) is 2. The van der Waals surface area contributed by atoms with Crippen LogP contribution in [0.5, 0.6) is 0 Å². The Morgan fingerprint density at radius 1 is 0.913 bits per heavy atom. The maximum atomic E-state index is 13.9. The van der Waals surface area contributed by atoms with Gasteiger partial charge in [0.15, 0.2) is 0 Å². The molecule has 0 bridgehead atoms. The number of alkyl halides is 2. The zero-order valence-corrected chi connectivity index (χ0v) is 27.0. The van der Waals surface area contributed by atoms with Crippen molar-refractivity contribution in [3.63, 3.8) is 0 Å². The van der Waals surface area contributed by atoms with Crippen molar-refractivity contribution in [1.29, 1.82) is 0 Å². The maximum Gasteiger partial charge on any atom is 0.267 e. The molecule has 1 saturated heterocycles. The number of amides is 3. The average molecular weight is 628 g/mol. The molecular weight excluding hydrogens is 584 g/mol. The Hall–Kier alpha value is -4.33. The molecule has 46 heavy (non-hydrogen) atoms. The van der Waals surface area contributed by atoms with Gasteiger partial charge in [0.2, 0.25) is 11.8 Å². The number of likely N-dealkylation sites (tertiary alicyclic amines) is 1. The molecule has 2 N–H and O–H groups in total. The van der Waals surface area contributed by atoms with Crippen molar-refractivity contribution in [2.24, 2.45) is 5.41 Å². The maximum absolute atomic E-state index is 13.9. The van der Waals surface area contributed by atoms with E-state index >= 15 is 0 Å². The molecule has 5 rings (SSSR count). The quantitative estimate of drug-likeness (QED) is 0.259. The number of rotatable bonds is 8. The van der Waals surface area contributed by atoms with Crippen molar-refractivity contribution in [3.05, 3.63) is 107 Å². The fourth-order valence-corrected chi connectivity index (χ4v) is 6.09. The fourth-order valence-electron chi connectivity index (χ4n) is 6.09. The molecule has 2 atom stereocenters. The van der Waals surface area contributed by atoms with E-state index in [1.54, 1.807) is 30.3 Å². The standard InChI is InChI=1S/C38H43F2N3O3/c1-36(2,3)29-16-14-27(15-17-29)30-12-8-9-13-31(30)33(44)41-24-26-18-20-37(4,21-19-26)35(46)42-32(28-10-6-5-7-11-28)34(45)43-23-22-38(39,40)25-43/h5-18,32H,19-25H2,1-4H3,(H,41,44)(H,42,46)/t32-,37?/m0/s1. The highest BCUT2D eigenvalue weighted by Crippen LogP contribution is 2.37. The number of allylic oxidation sites excluding steroid dienone is 1. The summed E-state index contributed by atoms with van der Waals surface area (Å²) in [5.41, 5.74) is 4.49. The van der Waals surface area contributed by atoms with Crippen LogP contribution in [-0.4, -0.2) is 48.2 Å². The summed E-state index contributed by atoms with van der Waals surface area (Å²) >= 11 is 0. The Balaban J connectivity index is 1.22. The first-order chi connectivity index (χ1) is 21.8. The minimum atomic E-state index is -2.92. The van der Waals surface area contributed by atoms with Crippen molar-refractivity contribution >= 4 is 17.7 Å². The predicted molar refractivity (Wildman–Crippen MR) is 176 cm³/mol. The summed E-state index contributed by atoms with van der Waals surface area (Å²) < 4.78 is 27.8. The van der Waals surface area contributed by atoms with Crippen LogP contribution in [0.3, 0.4) is 0 Å². The molecule has 1 heterocycles. The second-order valence-electron chi connectivity index (χ2n) is 13.9. The molecule has 0 aromatic heterocycles. The normalized spacial score (nSPS) is 20.0. The van der Waals surface area contributed by atoms with E-state index in [4.69, 9.17) is 0 Å². The molecule has 2 aliphatic rings. The van der Waals surface area contributed by atoms with Gasteiger partial charge in [-0.2, -0.15) is 0 Å². The van der Waals surface area contributed by atoms with Crippen molar-refractivity contribution in [2.45, 2.75) is 70.8 Å². The van der Waals surface area contributed by atoms with Gasteiger partial charge in [0, 0.05) is 25.1 Å². The van der Waals surface area contributed by atoms with Gasteiger partial charge in [-0.05, 0) is 53.0 Å². The van der Waals surface area contributed by atoms with Gasteiger partial charge in [0.05, 0.1) is 12.0 Å². The molecule has 3 amide bonds. The second kappa shape index (κ2) is 13.2. The van der Waals surface area contributed by atoms with Gasteiger partial charge in [-0.15, -0.1) is 0 Å². The monoisotopic (exact) mass is 627 g/mol. The molecule has 1 fully saturated rings. The molecule has 1 aliphatic heterocycles. The van der Waals surface area contributed by atoms with Crippen LogP contribution in [0.2, 0.25) is 0 Å². The Morgan fingerprint density at radius 2 is 1.59 bits per heavy atom. The van der Waals surface area contributed by atoms with E-state index in [1.165, 1.54) is 5.56 Å². The number of benzene rings is 3. The van der Waals surface area contributed by atoms with Crippen molar-refractivity contribution < 1.29 is 23.2 Å². The van der Waals surface area contributed by atoms with E-state index in [0.717, 1.165) is 21.6 Å². The van der Waals surface area contributed by atoms with E-state index in [9.17, 15) is 23.2 Å². The topological polar surface area (TPSA) is 78.5 Å². The highest BCUT2D eigenvalue weighted by Gasteiger charge is 2.44. The molecule has 6 nitrogen and oxygen atoms in total. The van der Waals surface area contributed by atoms with Gasteiger partial charge in [0.25, 0.3) is 11.8 Å². The molecule has 0 radical (unpaired) electrons. The van der Waals surface area contributed by atoms with Gasteiger partial charge in [-0.1, -0.05) is 112 Å². The number of halogens is 2. The first kappa shape index (κ1) is 33.0. The number of carbonyl (C=O) groups excluding carboxylic acids is 3. The molecular formula is C38H43F2N3O3. The summed E-state index contributed by atoms with van der Waals surface area (Å²) in [6, 6.07) is 23.6. The summed E-state index contributed by atoms with van der Waals surface area (Å²) in [4.78, 5) is 41.5. The molecule has 242 valence electrons. The lowest BCUT2D eigenvalue weighted by atomic mass is 9.75. The largest absolute Gasteiger partial charge is 0.348 e. The van der Waals surface area contributed by atoms with E-state index < -0.39 is 29.8 Å². The van der Waals surface area contributed by atoms with E-state index in [1.807, 2.05) is 37.3 Å². The van der Waals surface area contributed by atoms with Crippen molar-refractivity contribution in [1.82, 2.24) is 15.5 Å². The molecule has 3 aromatic rings. The van der Waals surface area contributed by atoms with Crippen LogP contribution in [0.15, 0.2) is 90.5 Å². The highest BCUT2D eigenvalue weighted by atomic mass is 19.3. The zero-order valence-electron chi connectivity index (χ0n) is 27.0. The highest BCUT2D eigenvalue weighted by molar-refractivity contribution is 6.01. The number of nitrogens with one attached hydrogen (secondary N) is 2. The second-order valence-corrected chi connectivity index (χ2v) is 13.9. The third-order valence-corrected chi connectivity index (χ3v) is 9.23. The van der Waals surface area contributed by atoms with Crippen LogP contribution < -0.4 is 10.6 Å². The Morgan fingerprint density at radius 3 is 2.20 bits per heavy atom. The Bertz CT molecular complexity index is 1610. The summed E-state index contributed by atoms with van der Waals surface area (Å²) in [7, 11) is 0. The average Bonchev–Trinajstić information content (AvgIpc) is 3.42. The smallest absolute Gasteiger partial charge is 0.267 e. The number of carbonyl (C=O) groups is 3. The minimum absolute atomic E-state index is 0.0367. The molecule has 3 aromatic carbocycles. The van der Waals surface area contributed by atoms with E-state index in [2.05, 4.69) is 55.7 Å². The zero-order chi connectivity index (χ0) is 33.1. The number of nitrogens with zero attached hydrogens (tertiary/aromatic N) is 1. The van der Waals surface area contributed by atoms with Crippen LogP contribution in [0, 0.1) is 5.41 Å². The summed E-state index contributed by atoms with van der Waals surface area (Å²) in [6.45, 7) is 8.03. The van der Waals surface area contributed by atoms with Gasteiger partial charge in [-0.25, -0.2) is 8.78 Å². The van der Waals surface area contributed by atoms with Gasteiger partial charge in [-0.3, -0.25) is 14.4 Å². The number of hydrogen-bond acceptors (Lipinski definition) is 3. The minimum Gasteiger partial charge on any atom is -0.348 e. The summed E-state index contributed by atoms with van der Waals surface area (Å²) in [5, 5.41) is 5.95. The van der Waals surface area contributed by atoms with Gasteiger partial charge >= 0.3 is 0 Å². The van der Waals surface area contributed by atoms with E-state index in [0.29, 0.717) is 36.9 Å². The van der Waals surface area contributed by atoms with Crippen LogP contribution in [-0.2, 0) is 15.0 Å². The lowest BCUT2D eigenvalue weighted by Gasteiger charge is -2.34. The third kappa shape index (κ3) is 7.54. The van der Waals surface area contributed by atoms with Crippen LogP contribution in [0.25, 0.3) is 11.1 Å². The van der Waals surface area contributed by atoms with Crippen molar-refractivity contribution in [2.75, 3.05) is 19.6 Å². The Labute approximate surface area is 270 Å². The van der Waals surface area contributed by atoms with Gasteiger partial charge < -0.3 is 15.5 Å². The first-order valence-electron chi connectivity index (χ1n) is 15.9. The lowest BCUT2D eigenvalue weighted by Crippen LogP contribution is -2.47. The SMILES string of the molecule is CC1(C(=O)N[C@H](C(=O)N2CCC(F)(F)C2)c2ccccc2)CC=C(CNC(=O)c2ccccc2-c2ccc(C(C)(C)C)cc2)CC1. The fraction of sp³-hybridized carbons (Fsp3) is 0.395.